The van der Waals surface area contributed by atoms with Crippen LogP contribution in [0.15, 0.2) is 35.4 Å². The van der Waals surface area contributed by atoms with E-state index < -0.39 is 10.0 Å². The molecule has 2 rings (SSSR count). The molecular formula is C15H21N3O2S. The summed E-state index contributed by atoms with van der Waals surface area (Å²) in [5.74, 6) is 0. The van der Waals surface area contributed by atoms with Crippen molar-refractivity contribution in [2.24, 2.45) is 0 Å². The summed E-state index contributed by atoms with van der Waals surface area (Å²) in [6.07, 6.45) is 2.60. The second-order valence-electron chi connectivity index (χ2n) is 5.24. The van der Waals surface area contributed by atoms with Gasteiger partial charge in [0, 0.05) is 19.3 Å². The highest BCUT2D eigenvalue weighted by Gasteiger charge is 2.16. The molecule has 0 aliphatic heterocycles. The van der Waals surface area contributed by atoms with E-state index in [-0.39, 0.29) is 0 Å². The molecule has 1 aromatic heterocycles. The summed E-state index contributed by atoms with van der Waals surface area (Å²) in [5.41, 5.74) is 2.66. The van der Waals surface area contributed by atoms with Gasteiger partial charge in [0.2, 0.25) is 10.0 Å². The molecule has 2 aromatic rings. The van der Waals surface area contributed by atoms with Gasteiger partial charge in [0.15, 0.2) is 0 Å². The number of aromatic nitrogens is 2. The lowest BCUT2D eigenvalue weighted by atomic mass is 10.2. The van der Waals surface area contributed by atoms with Crippen LogP contribution in [0.2, 0.25) is 0 Å². The second kappa shape index (κ2) is 6.41. The molecule has 0 aliphatic rings. The first-order valence-electron chi connectivity index (χ1n) is 6.95. The van der Waals surface area contributed by atoms with Crippen molar-refractivity contribution >= 4 is 10.0 Å². The van der Waals surface area contributed by atoms with Crippen molar-refractivity contribution in [2.75, 3.05) is 6.54 Å². The van der Waals surface area contributed by atoms with Gasteiger partial charge >= 0.3 is 0 Å². The molecule has 0 saturated carbocycles. The van der Waals surface area contributed by atoms with Gasteiger partial charge in [0.05, 0.1) is 10.6 Å². The molecule has 21 heavy (non-hydrogen) atoms. The van der Waals surface area contributed by atoms with Crippen LogP contribution in [0.25, 0.3) is 0 Å². The van der Waals surface area contributed by atoms with Crippen LogP contribution in [0.3, 0.4) is 0 Å². The molecule has 0 aliphatic carbocycles. The maximum Gasteiger partial charge on any atom is 0.240 e. The maximum absolute atomic E-state index is 12.3. The Labute approximate surface area is 126 Å². The van der Waals surface area contributed by atoms with Gasteiger partial charge in [-0.2, -0.15) is 5.10 Å². The van der Waals surface area contributed by atoms with Crippen molar-refractivity contribution in [1.29, 1.82) is 0 Å². The fourth-order valence-corrected chi connectivity index (χ4v) is 3.51. The fraction of sp³-hybridized carbons (Fsp3) is 0.400. The quantitative estimate of drug-likeness (QED) is 0.832. The molecule has 0 atom stereocenters. The van der Waals surface area contributed by atoms with Crippen LogP contribution >= 0.6 is 0 Å². The number of nitrogens with zero attached hydrogens (tertiary/aromatic N) is 2. The zero-order valence-electron chi connectivity index (χ0n) is 12.6. The van der Waals surface area contributed by atoms with Crippen molar-refractivity contribution in [2.45, 2.75) is 38.6 Å². The minimum absolute atomic E-state index is 0.359. The minimum atomic E-state index is -3.44. The SMILES string of the molecule is Cc1ccc(C)c(S(=O)(=O)NCCCn2ccc(C)n2)c1. The molecule has 0 fully saturated rings. The Balaban J connectivity index is 1.94. The number of sulfonamides is 1. The molecule has 0 unspecified atom stereocenters. The second-order valence-corrected chi connectivity index (χ2v) is 6.98. The van der Waals surface area contributed by atoms with Crippen LogP contribution in [0, 0.1) is 20.8 Å². The third kappa shape index (κ3) is 4.15. The Bertz CT molecular complexity index is 720. The van der Waals surface area contributed by atoms with E-state index >= 15 is 0 Å². The normalized spacial score (nSPS) is 11.8. The number of nitrogens with one attached hydrogen (secondary N) is 1. The number of hydrogen-bond acceptors (Lipinski definition) is 3. The van der Waals surface area contributed by atoms with Crippen molar-refractivity contribution in [3.63, 3.8) is 0 Å². The van der Waals surface area contributed by atoms with E-state index in [2.05, 4.69) is 9.82 Å². The summed E-state index contributed by atoms with van der Waals surface area (Å²) >= 11 is 0. The van der Waals surface area contributed by atoms with Crippen LogP contribution in [-0.2, 0) is 16.6 Å². The van der Waals surface area contributed by atoms with E-state index in [0.717, 1.165) is 16.8 Å². The number of aryl methyl sites for hydroxylation is 4. The lowest BCUT2D eigenvalue weighted by Gasteiger charge is -2.10. The lowest BCUT2D eigenvalue weighted by Crippen LogP contribution is -2.26. The molecule has 114 valence electrons. The van der Waals surface area contributed by atoms with Crippen LogP contribution in [0.4, 0.5) is 0 Å². The number of hydrogen-bond donors (Lipinski definition) is 1. The zero-order valence-corrected chi connectivity index (χ0v) is 13.4. The third-order valence-electron chi connectivity index (χ3n) is 3.26. The van der Waals surface area contributed by atoms with Gasteiger partial charge < -0.3 is 0 Å². The molecule has 6 heteroatoms. The van der Waals surface area contributed by atoms with E-state index in [1.165, 1.54) is 0 Å². The van der Waals surface area contributed by atoms with Gasteiger partial charge in [-0.05, 0) is 50.5 Å². The average molecular weight is 307 g/mol. The Hall–Kier alpha value is -1.66. The molecule has 1 heterocycles. The molecular weight excluding hydrogens is 286 g/mol. The number of rotatable bonds is 6. The van der Waals surface area contributed by atoms with Crippen LogP contribution in [-0.4, -0.2) is 24.7 Å². The molecule has 0 bridgehead atoms. The first-order chi connectivity index (χ1) is 9.88. The monoisotopic (exact) mass is 307 g/mol. The minimum Gasteiger partial charge on any atom is -0.272 e. The third-order valence-corrected chi connectivity index (χ3v) is 4.87. The van der Waals surface area contributed by atoms with Crippen molar-refractivity contribution in [3.05, 3.63) is 47.3 Å². The summed E-state index contributed by atoms with van der Waals surface area (Å²) in [6, 6.07) is 7.37. The van der Waals surface area contributed by atoms with E-state index in [1.54, 1.807) is 13.0 Å². The highest BCUT2D eigenvalue weighted by Crippen LogP contribution is 2.16. The fourth-order valence-electron chi connectivity index (χ4n) is 2.11. The molecule has 0 saturated heterocycles. The van der Waals surface area contributed by atoms with Gasteiger partial charge in [0.25, 0.3) is 0 Å². The topological polar surface area (TPSA) is 64.0 Å². The molecule has 1 aromatic carbocycles. The number of benzene rings is 1. The molecule has 0 amide bonds. The summed E-state index contributed by atoms with van der Waals surface area (Å²) in [5, 5.41) is 4.27. The first-order valence-corrected chi connectivity index (χ1v) is 8.44. The summed E-state index contributed by atoms with van der Waals surface area (Å²) in [6.45, 7) is 6.72. The molecule has 0 radical (unpaired) electrons. The van der Waals surface area contributed by atoms with E-state index in [0.29, 0.717) is 24.4 Å². The van der Waals surface area contributed by atoms with Crippen LogP contribution in [0.1, 0.15) is 23.2 Å². The van der Waals surface area contributed by atoms with E-state index in [1.807, 2.05) is 42.9 Å². The standard InChI is InChI=1S/C15H21N3O2S/c1-12-5-6-13(2)15(11-12)21(19,20)16-8-4-9-18-10-7-14(3)17-18/h5-7,10-11,16H,4,8-9H2,1-3H3. The summed E-state index contributed by atoms with van der Waals surface area (Å²) in [7, 11) is -3.44. The Morgan fingerprint density at radius 1 is 1.19 bits per heavy atom. The Kier molecular flexibility index (Phi) is 4.80. The highest BCUT2D eigenvalue weighted by molar-refractivity contribution is 7.89. The van der Waals surface area contributed by atoms with Gasteiger partial charge in [-0.25, -0.2) is 13.1 Å². The first kappa shape index (κ1) is 15.7. The van der Waals surface area contributed by atoms with Crippen LogP contribution in [0.5, 0.6) is 0 Å². The predicted octanol–water partition coefficient (Wildman–Crippen LogP) is 2.18. The van der Waals surface area contributed by atoms with E-state index in [4.69, 9.17) is 0 Å². The molecule has 5 nitrogen and oxygen atoms in total. The van der Waals surface area contributed by atoms with Gasteiger partial charge in [-0.3, -0.25) is 4.68 Å². The largest absolute Gasteiger partial charge is 0.272 e. The zero-order chi connectivity index (χ0) is 15.5. The predicted molar refractivity (Wildman–Crippen MR) is 82.7 cm³/mol. The van der Waals surface area contributed by atoms with Crippen LogP contribution < -0.4 is 4.72 Å². The highest BCUT2D eigenvalue weighted by atomic mass is 32.2. The Morgan fingerprint density at radius 3 is 2.62 bits per heavy atom. The van der Waals surface area contributed by atoms with Crippen molar-refractivity contribution in [1.82, 2.24) is 14.5 Å². The van der Waals surface area contributed by atoms with E-state index in [9.17, 15) is 8.42 Å². The smallest absolute Gasteiger partial charge is 0.240 e. The molecule has 0 spiro atoms. The summed E-state index contributed by atoms with van der Waals surface area (Å²) < 4.78 is 29.0. The van der Waals surface area contributed by atoms with Gasteiger partial charge in [-0.15, -0.1) is 0 Å². The lowest BCUT2D eigenvalue weighted by molar-refractivity contribution is 0.551. The van der Waals surface area contributed by atoms with Gasteiger partial charge in [-0.1, -0.05) is 12.1 Å². The Morgan fingerprint density at radius 2 is 1.95 bits per heavy atom. The average Bonchev–Trinajstić information content (AvgIpc) is 2.83. The van der Waals surface area contributed by atoms with Crippen molar-refractivity contribution < 1.29 is 8.42 Å². The maximum atomic E-state index is 12.3. The van der Waals surface area contributed by atoms with Crippen molar-refractivity contribution in [3.8, 4) is 0 Å². The van der Waals surface area contributed by atoms with Gasteiger partial charge in [0.1, 0.15) is 0 Å². The molecule has 1 N–H and O–H groups in total. The summed E-state index contributed by atoms with van der Waals surface area (Å²) in [4.78, 5) is 0.359.